The van der Waals surface area contributed by atoms with Crippen molar-refractivity contribution in [3.8, 4) is 17.1 Å². The second kappa shape index (κ2) is 10.7. The monoisotopic (exact) mass is 508 g/mol. The topological polar surface area (TPSA) is 140 Å². The summed E-state index contributed by atoms with van der Waals surface area (Å²) in [5, 5.41) is 10.7. The van der Waals surface area contributed by atoms with E-state index in [9.17, 15) is 9.59 Å². The van der Waals surface area contributed by atoms with Crippen molar-refractivity contribution in [1.29, 1.82) is 0 Å². The van der Waals surface area contributed by atoms with E-state index in [0.717, 1.165) is 31.2 Å². The second-order valence-corrected chi connectivity index (χ2v) is 10.6. The van der Waals surface area contributed by atoms with Crippen LogP contribution in [0, 0.1) is 5.41 Å². The maximum atomic E-state index is 13.4. The van der Waals surface area contributed by atoms with Gasteiger partial charge < -0.3 is 26.0 Å². The third-order valence-corrected chi connectivity index (χ3v) is 6.79. The lowest BCUT2D eigenvalue weighted by Gasteiger charge is -2.33. The van der Waals surface area contributed by atoms with Gasteiger partial charge in [0.25, 0.3) is 5.91 Å². The fourth-order valence-electron chi connectivity index (χ4n) is 5.02. The van der Waals surface area contributed by atoms with Crippen LogP contribution in [-0.2, 0) is 4.79 Å². The molecule has 1 aliphatic rings. The summed E-state index contributed by atoms with van der Waals surface area (Å²) in [6.45, 7) is 4.60. The first-order valence-corrected chi connectivity index (χ1v) is 12.5. The Morgan fingerprint density at radius 3 is 2.46 bits per heavy atom. The van der Waals surface area contributed by atoms with Crippen molar-refractivity contribution in [2.75, 3.05) is 33.5 Å². The maximum Gasteiger partial charge on any atom is 0.253 e. The summed E-state index contributed by atoms with van der Waals surface area (Å²) >= 11 is 0. The third kappa shape index (κ3) is 5.82. The van der Waals surface area contributed by atoms with Crippen LogP contribution in [0.1, 0.15) is 49.9 Å². The fourth-order valence-corrected chi connectivity index (χ4v) is 5.02. The molecule has 4 rings (SSSR count). The summed E-state index contributed by atoms with van der Waals surface area (Å²) in [7, 11) is 5.48. The van der Waals surface area contributed by atoms with E-state index in [1.54, 1.807) is 30.0 Å². The molecule has 37 heavy (non-hydrogen) atoms. The third-order valence-electron chi connectivity index (χ3n) is 6.79. The number of nitrogens with two attached hydrogens (primary N) is 1. The van der Waals surface area contributed by atoms with Crippen LogP contribution in [0.4, 0.5) is 5.82 Å². The molecule has 3 heterocycles. The van der Waals surface area contributed by atoms with Crippen molar-refractivity contribution in [3.63, 3.8) is 0 Å². The minimum atomic E-state index is -0.469. The van der Waals surface area contributed by atoms with Gasteiger partial charge in [0.15, 0.2) is 5.82 Å². The number of amides is 2. The number of methoxy groups -OCH3 is 1. The average Bonchev–Trinajstić information content (AvgIpc) is 3.26. The SMILES string of the molecule is COc1cc(-c2cc(C(=O)N[C@H]3CC[C@H](NC(=O)C(C)(C)CN(C)C)CC3)c3c(N)ncnn23)ccn1. The van der Waals surface area contributed by atoms with Gasteiger partial charge in [-0.05, 0) is 65.8 Å². The molecule has 0 radical (unpaired) electrons. The van der Waals surface area contributed by atoms with Crippen molar-refractivity contribution >= 4 is 23.1 Å². The Morgan fingerprint density at radius 1 is 1.14 bits per heavy atom. The number of pyridine rings is 1. The number of hydrogen-bond donors (Lipinski definition) is 3. The van der Waals surface area contributed by atoms with E-state index in [2.05, 4.69) is 25.7 Å². The first-order valence-electron chi connectivity index (χ1n) is 12.5. The lowest BCUT2D eigenvalue weighted by molar-refractivity contribution is -0.131. The van der Waals surface area contributed by atoms with Crippen LogP contribution < -0.4 is 21.1 Å². The van der Waals surface area contributed by atoms with Gasteiger partial charge in [0.1, 0.15) is 11.8 Å². The summed E-state index contributed by atoms with van der Waals surface area (Å²) in [5.41, 5.74) is 8.03. The van der Waals surface area contributed by atoms with E-state index in [1.165, 1.54) is 6.33 Å². The molecule has 0 spiro atoms. The molecule has 1 fully saturated rings. The van der Waals surface area contributed by atoms with Crippen molar-refractivity contribution in [2.45, 2.75) is 51.6 Å². The number of hydrogen-bond acceptors (Lipinski definition) is 8. The van der Waals surface area contributed by atoms with Gasteiger partial charge in [-0.2, -0.15) is 5.10 Å². The fraction of sp³-hybridized carbons (Fsp3) is 0.500. The van der Waals surface area contributed by atoms with Crippen molar-refractivity contribution in [3.05, 3.63) is 36.3 Å². The Balaban J connectivity index is 1.46. The van der Waals surface area contributed by atoms with Gasteiger partial charge in [-0.25, -0.2) is 14.5 Å². The Morgan fingerprint density at radius 2 is 1.81 bits per heavy atom. The van der Waals surface area contributed by atoms with Gasteiger partial charge in [-0.15, -0.1) is 0 Å². The standard InChI is InChI=1S/C26H36N8O3/c1-26(2,14-33(3)4)25(36)32-18-8-6-17(7-9-18)31-24(35)19-13-20(16-10-11-28-21(12-16)37-5)34-22(19)23(27)29-15-30-34/h10-13,15,17-18H,6-9,14H2,1-5H3,(H,31,35)(H,32,36)(H2,27,29,30)/t17-,18-. The first-order chi connectivity index (χ1) is 17.6. The number of nitrogens with one attached hydrogen (secondary N) is 2. The molecule has 3 aromatic rings. The number of carbonyl (C=O) groups excluding carboxylic acids is 2. The first kappa shape index (κ1) is 26.3. The Kier molecular flexibility index (Phi) is 7.63. The van der Waals surface area contributed by atoms with Crippen LogP contribution in [0.5, 0.6) is 5.88 Å². The Labute approximate surface area is 216 Å². The zero-order valence-electron chi connectivity index (χ0n) is 22.1. The second-order valence-electron chi connectivity index (χ2n) is 10.6. The minimum Gasteiger partial charge on any atom is -0.481 e. The highest BCUT2D eigenvalue weighted by molar-refractivity contribution is 6.05. The van der Waals surface area contributed by atoms with E-state index in [1.807, 2.05) is 38.9 Å². The number of aromatic nitrogens is 4. The van der Waals surface area contributed by atoms with Crippen LogP contribution in [-0.4, -0.2) is 76.1 Å². The van der Waals surface area contributed by atoms with Gasteiger partial charge in [0, 0.05) is 36.5 Å². The van der Waals surface area contributed by atoms with Crippen LogP contribution in [0.15, 0.2) is 30.7 Å². The molecule has 3 aromatic heterocycles. The summed E-state index contributed by atoms with van der Waals surface area (Å²) in [6.07, 6.45) is 6.16. The molecule has 11 heteroatoms. The number of carbonyl (C=O) groups is 2. The molecule has 1 aliphatic carbocycles. The summed E-state index contributed by atoms with van der Waals surface area (Å²) in [5.74, 6) is 0.504. The predicted molar refractivity (Wildman–Crippen MR) is 141 cm³/mol. The quantitative estimate of drug-likeness (QED) is 0.420. The predicted octanol–water partition coefficient (Wildman–Crippen LogP) is 2.13. The molecule has 4 N–H and O–H groups in total. The largest absolute Gasteiger partial charge is 0.481 e. The molecular formula is C26H36N8O3. The smallest absolute Gasteiger partial charge is 0.253 e. The average molecular weight is 509 g/mol. The number of fused-ring (bicyclic) bond motifs is 1. The van der Waals surface area contributed by atoms with Gasteiger partial charge in [0.2, 0.25) is 11.8 Å². The zero-order valence-corrected chi connectivity index (χ0v) is 22.1. The van der Waals surface area contributed by atoms with E-state index in [-0.39, 0.29) is 29.7 Å². The van der Waals surface area contributed by atoms with Gasteiger partial charge in [0.05, 0.1) is 23.8 Å². The molecule has 2 amide bonds. The maximum absolute atomic E-state index is 13.4. The number of nitrogen functional groups attached to an aromatic ring is 1. The molecule has 0 aliphatic heterocycles. The van der Waals surface area contributed by atoms with Gasteiger partial charge in [-0.1, -0.05) is 0 Å². The molecule has 11 nitrogen and oxygen atoms in total. The molecule has 1 saturated carbocycles. The van der Waals surface area contributed by atoms with Crippen molar-refractivity contribution in [1.82, 2.24) is 35.1 Å². The van der Waals surface area contributed by atoms with Crippen LogP contribution >= 0.6 is 0 Å². The highest BCUT2D eigenvalue weighted by atomic mass is 16.5. The van der Waals surface area contributed by atoms with Gasteiger partial charge >= 0.3 is 0 Å². The van der Waals surface area contributed by atoms with Crippen LogP contribution in [0.25, 0.3) is 16.8 Å². The van der Waals surface area contributed by atoms with E-state index < -0.39 is 5.41 Å². The van der Waals surface area contributed by atoms with Gasteiger partial charge in [-0.3, -0.25) is 9.59 Å². The van der Waals surface area contributed by atoms with E-state index in [4.69, 9.17) is 10.5 Å². The Bertz CT molecular complexity index is 1280. The molecule has 198 valence electrons. The molecule has 0 bridgehead atoms. The molecule has 0 aromatic carbocycles. The van der Waals surface area contributed by atoms with E-state index in [0.29, 0.717) is 29.2 Å². The Hall–Kier alpha value is -3.73. The summed E-state index contributed by atoms with van der Waals surface area (Å²) in [6, 6.07) is 5.47. The summed E-state index contributed by atoms with van der Waals surface area (Å²) in [4.78, 5) is 36.4. The van der Waals surface area contributed by atoms with E-state index >= 15 is 0 Å². The molecule has 0 saturated heterocycles. The van der Waals surface area contributed by atoms with Crippen molar-refractivity contribution < 1.29 is 14.3 Å². The van der Waals surface area contributed by atoms with Crippen LogP contribution in [0.3, 0.4) is 0 Å². The number of rotatable bonds is 8. The minimum absolute atomic E-state index is 0.000659. The highest BCUT2D eigenvalue weighted by Gasteiger charge is 2.32. The summed E-state index contributed by atoms with van der Waals surface area (Å²) < 4.78 is 6.87. The zero-order chi connectivity index (χ0) is 26.7. The molecule has 0 unspecified atom stereocenters. The lowest BCUT2D eigenvalue weighted by Crippen LogP contribution is -2.49. The number of anilines is 1. The molecular weight excluding hydrogens is 472 g/mol. The number of ether oxygens (including phenoxy) is 1. The highest BCUT2D eigenvalue weighted by Crippen LogP contribution is 2.30. The van der Waals surface area contributed by atoms with Crippen LogP contribution in [0.2, 0.25) is 0 Å². The number of nitrogens with zero attached hydrogens (tertiary/aromatic N) is 5. The molecule has 0 atom stereocenters. The van der Waals surface area contributed by atoms with Crippen molar-refractivity contribution in [2.24, 2.45) is 5.41 Å². The normalized spacial score (nSPS) is 18.1. The lowest BCUT2D eigenvalue weighted by atomic mass is 9.88.